The number of carbonyl (C=O) groups excluding carboxylic acids is 1. The molecule has 0 fully saturated rings. The molecule has 0 aromatic carbocycles. The molecule has 0 radical (unpaired) electrons. The van der Waals surface area contributed by atoms with Gasteiger partial charge in [-0.2, -0.15) is 10.2 Å². The summed E-state index contributed by atoms with van der Waals surface area (Å²) in [5.74, 6) is -0.139. The molecule has 0 N–H and O–H groups in total. The van der Waals surface area contributed by atoms with Crippen LogP contribution in [0.25, 0.3) is 0 Å². The first-order valence-corrected chi connectivity index (χ1v) is 5.67. The van der Waals surface area contributed by atoms with Crippen LogP contribution in [0.4, 0.5) is 0 Å². The maximum Gasteiger partial charge on any atom is 0.215 e. The summed E-state index contributed by atoms with van der Waals surface area (Å²) in [4.78, 5) is 12.3. The van der Waals surface area contributed by atoms with Gasteiger partial charge in [0.05, 0.1) is 22.5 Å². The summed E-state index contributed by atoms with van der Waals surface area (Å²) in [7, 11) is 3.49. The van der Waals surface area contributed by atoms with E-state index < -0.39 is 0 Å². The Kier molecular flexibility index (Phi) is 3.02. The minimum atomic E-state index is -0.139. The van der Waals surface area contributed by atoms with Gasteiger partial charge < -0.3 is 0 Å². The summed E-state index contributed by atoms with van der Waals surface area (Å²) >= 11 is 5.96. The van der Waals surface area contributed by atoms with E-state index in [1.54, 1.807) is 25.0 Å². The Morgan fingerprint density at radius 1 is 1.47 bits per heavy atom. The standard InChI is InChI=1S/C11H13ClN4O/c1-4-9-7(6-15(2)14-9)11(17)10-8(12)5-13-16(10)3/h5-6H,4H2,1-3H3. The summed E-state index contributed by atoms with van der Waals surface area (Å²) in [5.41, 5.74) is 1.75. The molecule has 90 valence electrons. The number of halogens is 1. The fraction of sp³-hybridized carbons (Fsp3) is 0.364. The first-order chi connectivity index (χ1) is 8.04. The number of ketones is 1. The van der Waals surface area contributed by atoms with Crippen molar-refractivity contribution in [1.82, 2.24) is 19.6 Å². The van der Waals surface area contributed by atoms with E-state index in [1.807, 2.05) is 6.92 Å². The summed E-state index contributed by atoms with van der Waals surface area (Å²) in [6.07, 6.45) is 3.89. The van der Waals surface area contributed by atoms with Gasteiger partial charge in [-0.1, -0.05) is 18.5 Å². The van der Waals surface area contributed by atoms with E-state index in [2.05, 4.69) is 10.2 Å². The third kappa shape index (κ3) is 1.98. The Bertz CT molecular complexity index is 551. The molecule has 0 saturated carbocycles. The molecule has 0 saturated heterocycles. The van der Waals surface area contributed by atoms with Crippen LogP contribution >= 0.6 is 11.6 Å². The predicted molar refractivity (Wildman–Crippen MR) is 64.2 cm³/mol. The average molecular weight is 253 g/mol. The summed E-state index contributed by atoms with van der Waals surface area (Å²) in [6.45, 7) is 1.96. The highest BCUT2D eigenvalue weighted by Gasteiger charge is 2.21. The molecule has 2 aromatic rings. The van der Waals surface area contributed by atoms with Crippen molar-refractivity contribution in [3.05, 3.63) is 34.4 Å². The van der Waals surface area contributed by atoms with Crippen LogP contribution in [0.5, 0.6) is 0 Å². The number of carbonyl (C=O) groups is 1. The van der Waals surface area contributed by atoms with Crippen LogP contribution in [0, 0.1) is 0 Å². The highest BCUT2D eigenvalue weighted by atomic mass is 35.5. The van der Waals surface area contributed by atoms with E-state index in [4.69, 9.17) is 11.6 Å². The van der Waals surface area contributed by atoms with E-state index in [-0.39, 0.29) is 5.78 Å². The van der Waals surface area contributed by atoms with Crippen LogP contribution in [0.2, 0.25) is 5.02 Å². The topological polar surface area (TPSA) is 52.7 Å². The number of nitrogens with zero attached hydrogens (tertiary/aromatic N) is 4. The van der Waals surface area contributed by atoms with Crippen LogP contribution in [0.1, 0.15) is 28.7 Å². The van der Waals surface area contributed by atoms with Crippen molar-refractivity contribution in [3.8, 4) is 0 Å². The Labute approximate surface area is 104 Å². The zero-order valence-electron chi connectivity index (χ0n) is 9.94. The number of hydrogen-bond acceptors (Lipinski definition) is 3. The van der Waals surface area contributed by atoms with Gasteiger partial charge >= 0.3 is 0 Å². The maximum atomic E-state index is 12.3. The lowest BCUT2D eigenvalue weighted by Gasteiger charge is -2.01. The minimum absolute atomic E-state index is 0.139. The fourth-order valence-electron chi connectivity index (χ4n) is 1.78. The highest BCUT2D eigenvalue weighted by molar-refractivity contribution is 6.34. The lowest BCUT2D eigenvalue weighted by atomic mass is 10.1. The molecule has 0 aliphatic heterocycles. The van der Waals surface area contributed by atoms with Crippen LogP contribution in [-0.2, 0) is 20.5 Å². The molecule has 0 bridgehead atoms. The van der Waals surface area contributed by atoms with Crippen molar-refractivity contribution >= 4 is 17.4 Å². The molecule has 5 nitrogen and oxygen atoms in total. The third-order valence-corrected chi connectivity index (χ3v) is 2.87. The normalized spacial score (nSPS) is 10.8. The van der Waals surface area contributed by atoms with Crippen molar-refractivity contribution in [3.63, 3.8) is 0 Å². The highest BCUT2D eigenvalue weighted by Crippen LogP contribution is 2.20. The Hall–Kier alpha value is -1.62. The van der Waals surface area contributed by atoms with E-state index in [1.165, 1.54) is 10.9 Å². The van der Waals surface area contributed by atoms with Crippen LogP contribution in [0.15, 0.2) is 12.4 Å². The molecule has 2 rings (SSSR count). The number of aryl methyl sites for hydroxylation is 3. The average Bonchev–Trinajstić information content (AvgIpc) is 2.82. The second-order valence-electron chi connectivity index (χ2n) is 3.81. The van der Waals surface area contributed by atoms with Crippen LogP contribution < -0.4 is 0 Å². The molecular formula is C11H13ClN4O. The number of aromatic nitrogens is 4. The van der Waals surface area contributed by atoms with Gasteiger partial charge in [-0.25, -0.2) is 0 Å². The van der Waals surface area contributed by atoms with Crippen molar-refractivity contribution in [1.29, 1.82) is 0 Å². The molecule has 0 spiro atoms. The first-order valence-electron chi connectivity index (χ1n) is 5.29. The third-order valence-electron chi connectivity index (χ3n) is 2.59. The van der Waals surface area contributed by atoms with Crippen molar-refractivity contribution in [2.24, 2.45) is 14.1 Å². The molecule has 2 aromatic heterocycles. The van der Waals surface area contributed by atoms with Gasteiger partial charge in [0, 0.05) is 20.3 Å². The molecule has 17 heavy (non-hydrogen) atoms. The monoisotopic (exact) mass is 252 g/mol. The van der Waals surface area contributed by atoms with E-state index in [0.29, 0.717) is 22.7 Å². The van der Waals surface area contributed by atoms with E-state index >= 15 is 0 Å². The quantitative estimate of drug-likeness (QED) is 0.780. The van der Waals surface area contributed by atoms with Gasteiger partial charge in [-0.3, -0.25) is 14.2 Å². The lowest BCUT2D eigenvalue weighted by molar-refractivity contribution is 0.102. The van der Waals surface area contributed by atoms with Gasteiger partial charge in [0.25, 0.3) is 0 Å². The molecule has 0 unspecified atom stereocenters. The minimum Gasteiger partial charge on any atom is -0.287 e. The van der Waals surface area contributed by atoms with Crippen molar-refractivity contribution in [2.75, 3.05) is 0 Å². The summed E-state index contributed by atoms with van der Waals surface area (Å²) in [5, 5.41) is 8.57. The Morgan fingerprint density at radius 2 is 2.18 bits per heavy atom. The first kappa shape index (κ1) is 11.9. The SMILES string of the molecule is CCc1nn(C)cc1C(=O)c1c(Cl)cnn1C. The summed E-state index contributed by atoms with van der Waals surface area (Å²) < 4.78 is 3.12. The molecule has 0 atom stereocenters. The van der Waals surface area contributed by atoms with E-state index in [9.17, 15) is 4.79 Å². The molecular weight excluding hydrogens is 240 g/mol. The van der Waals surface area contributed by atoms with Crippen LogP contribution in [0.3, 0.4) is 0 Å². The molecule has 6 heteroatoms. The largest absolute Gasteiger partial charge is 0.287 e. The Morgan fingerprint density at radius 3 is 2.71 bits per heavy atom. The van der Waals surface area contributed by atoms with Crippen LogP contribution in [-0.4, -0.2) is 25.3 Å². The maximum absolute atomic E-state index is 12.3. The van der Waals surface area contributed by atoms with Gasteiger partial charge in [0.15, 0.2) is 0 Å². The predicted octanol–water partition coefficient (Wildman–Crippen LogP) is 1.60. The zero-order valence-corrected chi connectivity index (χ0v) is 10.7. The zero-order chi connectivity index (χ0) is 12.6. The summed E-state index contributed by atoms with van der Waals surface area (Å²) in [6, 6.07) is 0. The van der Waals surface area contributed by atoms with Gasteiger partial charge in [0.2, 0.25) is 5.78 Å². The lowest BCUT2D eigenvalue weighted by Crippen LogP contribution is -2.10. The van der Waals surface area contributed by atoms with E-state index in [0.717, 1.165) is 5.69 Å². The van der Waals surface area contributed by atoms with Gasteiger partial charge in [-0.15, -0.1) is 0 Å². The fourth-order valence-corrected chi connectivity index (χ4v) is 2.03. The van der Waals surface area contributed by atoms with Gasteiger partial charge in [-0.05, 0) is 6.42 Å². The van der Waals surface area contributed by atoms with Crippen molar-refractivity contribution in [2.45, 2.75) is 13.3 Å². The van der Waals surface area contributed by atoms with Crippen molar-refractivity contribution < 1.29 is 4.79 Å². The number of hydrogen-bond donors (Lipinski definition) is 0. The number of rotatable bonds is 3. The molecule has 0 aliphatic rings. The molecule has 2 heterocycles. The van der Waals surface area contributed by atoms with Gasteiger partial charge in [0.1, 0.15) is 5.69 Å². The molecule has 0 amide bonds. The smallest absolute Gasteiger partial charge is 0.215 e. The second kappa shape index (κ2) is 4.33. The molecule has 0 aliphatic carbocycles. The Balaban J connectivity index is 2.51. The second-order valence-corrected chi connectivity index (χ2v) is 4.22.